The normalized spacial score (nSPS) is 12.0. The van der Waals surface area contributed by atoms with E-state index in [1.54, 1.807) is 55.5 Å². The van der Waals surface area contributed by atoms with Gasteiger partial charge in [0.15, 0.2) is 23.0 Å². The average Bonchev–Trinajstić information content (AvgIpc) is 2.75. The summed E-state index contributed by atoms with van der Waals surface area (Å²) in [6.07, 6.45) is 0. The van der Waals surface area contributed by atoms with Gasteiger partial charge in [0.05, 0.1) is 20.8 Å². The minimum absolute atomic E-state index is 0.0179. The van der Waals surface area contributed by atoms with E-state index in [0.717, 1.165) is 16.7 Å². The molecule has 3 rings (SSSR count). The highest BCUT2D eigenvalue weighted by Crippen LogP contribution is 2.43. The standard InChI is InChI=1S/C24H26O6/c1-14-10-15(4-7-19(14)26)18(13-25)24(16-5-8-20(27)22(11-16)29-2)17-6-9-21(28)23(12-17)30-3/h4-12,18,24-28H,13H2,1-3H3. The van der Waals surface area contributed by atoms with Crippen LogP contribution in [-0.4, -0.2) is 41.3 Å². The molecule has 3 aromatic carbocycles. The van der Waals surface area contributed by atoms with Gasteiger partial charge < -0.3 is 29.9 Å². The van der Waals surface area contributed by atoms with Crippen molar-refractivity contribution in [3.05, 3.63) is 76.9 Å². The summed E-state index contributed by atoms with van der Waals surface area (Å²) in [6.45, 7) is 1.64. The molecule has 0 radical (unpaired) electrons. The van der Waals surface area contributed by atoms with Gasteiger partial charge in [-0.2, -0.15) is 0 Å². The average molecular weight is 410 g/mol. The van der Waals surface area contributed by atoms with Crippen LogP contribution >= 0.6 is 0 Å². The number of hydrogen-bond donors (Lipinski definition) is 4. The first kappa shape index (κ1) is 21.3. The maximum Gasteiger partial charge on any atom is 0.160 e. The Kier molecular flexibility index (Phi) is 6.37. The third-order valence-electron chi connectivity index (χ3n) is 5.37. The molecule has 0 heterocycles. The Balaban J connectivity index is 2.21. The molecule has 3 aromatic rings. The molecule has 4 N–H and O–H groups in total. The van der Waals surface area contributed by atoms with Crippen molar-refractivity contribution < 1.29 is 29.9 Å². The SMILES string of the molecule is COc1cc(C(c2ccc(O)c(OC)c2)C(CO)c2ccc(O)c(C)c2)ccc1O. The van der Waals surface area contributed by atoms with Gasteiger partial charge in [-0.3, -0.25) is 0 Å². The van der Waals surface area contributed by atoms with E-state index in [4.69, 9.17) is 9.47 Å². The highest BCUT2D eigenvalue weighted by Gasteiger charge is 2.28. The van der Waals surface area contributed by atoms with E-state index in [1.165, 1.54) is 14.2 Å². The summed E-state index contributed by atoms with van der Waals surface area (Å²) in [5.74, 6) is 0.151. The van der Waals surface area contributed by atoms with Crippen LogP contribution in [0.5, 0.6) is 28.7 Å². The lowest BCUT2D eigenvalue weighted by Crippen LogP contribution is -2.17. The smallest absolute Gasteiger partial charge is 0.160 e. The van der Waals surface area contributed by atoms with Crippen LogP contribution in [0.2, 0.25) is 0 Å². The van der Waals surface area contributed by atoms with Crippen molar-refractivity contribution in [2.45, 2.75) is 18.8 Å². The quantitative estimate of drug-likeness (QED) is 0.469. The van der Waals surface area contributed by atoms with E-state index in [2.05, 4.69) is 0 Å². The molecule has 0 aliphatic carbocycles. The molecule has 1 unspecified atom stereocenters. The minimum Gasteiger partial charge on any atom is -0.508 e. The van der Waals surface area contributed by atoms with Gasteiger partial charge in [0, 0.05) is 11.8 Å². The number of rotatable bonds is 7. The summed E-state index contributed by atoms with van der Waals surface area (Å²) >= 11 is 0. The molecule has 1 atom stereocenters. The van der Waals surface area contributed by atoms with Gasteiger partial charge >= 0.3 is 0 Å². The van der Waals surface area contributed by atoms with Crippen LogP contribution in [0.25, 0.3) is 0 Å². The van der Waals surface area contributed by atoms with Crippen molar-refractivity contribution >= 4 is 0 Å². The van der Waals surface area contributed by atoms with Crippen LogP contribution in [0.4, 0.5) is 0 Å². The Morgan fingerprint density at radius 3 is 1.60 bits per heavy atom. The zero-order chi connectivity index (χ0) is 21.8. The predicted molar refractivity (Wildman–Crippen MR) is 114 cm³/mol. The number of aromatic hydroxyl groups is 3. The molecule has 0 amide bonds. The Labute approximate surface area is 175 Å². The zero-order valence-corrected chi connectivity index (χ0v) is 17.2. The van der Waals surface area contributed by atoms with Crippen molar-refractivity contribution in [1.82, 2.24) is 0 Å². The van der Waals surface area contributed by atoms with E-state index >= 15 is 0 Å². The third-order valence-corrected chi connectivity index (χ3v) is 5.37. The highest BCUT2D eigenvalue weighted by atomic mass is 16.5. The molecule has 0 bridgehead atoms. The van der Waals surface area contributed by atoms with E-state index in [9.17, 15) is 20.4 Å². The second kappa shape index (κ2) is 8.97. The lowest BCUT2D eigenvalue weighted by atomic mass is 9.77. The lowest BCUT2D eigenvalue weighted by molar-refractivity contribution is 0.254. The van der Waals surface area contributed by atoms with Crippen LogP contribution in [0.1, 0.15) is 34.1 Å². The molecule has 0 aliphatic heterocycles. The summed E-state index contributed by atoms with van der Waals surface area (Å²) in [7, 11) is 2.95. The first-order valence-electron chi connectivity index (χ1n) is 9.53. The number of phenolic OH excluding ortho intramolecular Hbond substituents is 3. The predicted octanol–water partition coefficient (Wildman–Crippen LogP) is 4.04. The molecule has 6 heteroatoms. The Bertz CT molecular complexity index is 977. The van der Waals surface area contributed by atoms with Crippen molar-refractivity contribution in [3.63, 3.8) is 0 Å². The van der Waals surface area contributed by atoms with Gasteiger partial charge in [0.25, 0.3) is 0 Å². The van der Waals surface area contributed by atoms with Crippen molar-refractivity contribution in [2.75, 3.05) is 20.8 Å². The molecular formula is C24H26O6. The molecular weight excluding hydrogens is 384 g/mol. The highest BCUT2D eigenvalue weighted by molar-refractivity contribution is 5.51. The maximum absolute atomic E-state index is 10.4. The summed E-state index contributed by atoms with van der Waals surface area (Å²) in [6, 6.07) is 15.4. The largest absolute Gasteiger partial charge is 0.508 e. The van der Waals surface area contributed by atoms with Gasteiger partial charge in [0.1, 0.15) is 5.75 Å². The number of benzene rings is 3. The first-order valence-corrected chi connectivity index (χ1v) is 9.53. The monoisotopic (exact) mass is 410 g/mol. The molecule has 0 spiro atoms. The second-order valence-corrected chi connectivity index (χ2v) is 7.18. The van der Waals surface area contributed by atoms with E-state index in [1.807, 2.05) is 6.07 Å². The van der Waals surface area contributed by atoms with Crippen LogP contribution in [0.3, 0.4) is 0 Å². The first-order chi connectivity index (χ1) is 14.4. The molecule has 0 aliphatic rings. The summed E-state index contributed by atoms with van der Waals surface area (Å²) in [5, 5.41) is 40.3. The fourth-order valence-electron chi connectivity index (χ4n) is 3.74. The second-order valence-electron chi connectivity index (χ2n) is 7.18. The summed E-state index contributed by atoms with van der Waals surface area (Å²) in [5.41, 5.74) is 3.16. The Morgan fingerprint density at radius 1 is 0.700 bits per heavy atom. The summed E-state index contributed by atoms with van der Waals surface area (Å²) in [4.78, 5) is 0. The Hall–Kier alpha value is -3.38. The number of phenols is 3. The number of aryl methyl sites for hydroxylation is 1. The molecule has 30 heavy (non-hydrogen) atoms. The number of methoxy groups -OCH3 is 2. The number of ether oxygens (including phenoxy) is 2. The zero-order valence-electron chi connectivity index (χ0n) is 17.2. The van der Waals surface area contributed by atoms with Crippen molar-refractivity contribution in [3.8, 4) is 28.7 Å². The van der Waals surface area contributed by atoms with Gasteiger partial charge in [-0.25, -0.2) is 0 Å². The van der Waals surface area contributed by atoms with Crippen LogP contribution < -0.4 is 9.47 Å². The fraction of sp³-hybridized carbons (Fsp3) is 0.250. The van der Waals surface area contributed by atoms with Crippen molar-refractivity contribution in [1.29, 1.82) is 0 Å². The van der Waals surface area contributed by atoms with Gasteiger partial charge in [0.2, 0.25) is 0 Å². The van der Waals surface area contributed by atoms with Crippen LogP contribution in [-0.2, 0) is 0 Å². The molecule has 6 nitrogen and oxygen atoms in total. The Morgan fingerprint density at radius 2 is 1.17 bits per heavy atom. The molecule has 0 saturated heterocycles. The van der Waals surface area contributed by atoms with E-state index in [-0.39, 0.29) is 35.7 Å². The van der Waals surface area contributed by atoms with Crippen LogP contribution in [0, 0.1) is 6.92 Å². The number of aliphatic hydroxyl groups is 1. The van der Waals surface area contributed by atoms with E-state index < -0.39 is 0 Å². The lowest BCUT2D eigenvalue weighted by Gasteiger charge is -2.28. The number of hydrogen-bond acceptors (Lipinski definition) is 6. The van der Waals surface area contributed by atoms with E-state index in [0.29, 0.717) is 17.1 Å². The fourth-order valence-corrected chi connectivity index (χ4v) is 3.74. The third kappa shape index (κ3) is 4.14. The minimum atomic E-state index is -0.368. The molecule has 0 fully saturated rings. The van der Waals surface area contributed by atoms with Gasteiger partial charge in [-0.15, -0.1) is 0 Å². The summed E-state index contributed by atoms with van der Waals surface area (Å²) < 4.78 is 10.6. The topological polar surface area (TPSA) is 99.4 Å². The van der Waals surface area contributed by atoms with Crippen molar-refractivity contribution in [2.24, 2.45) is 0 Å². The van der Waals surface area contributed by atoms with Gasteiger partial charge in [-0.05, 0) is 59.5 Å². The maximum atomic E-state index is 10.4. The molecule has 158 valence electrons. The molecule has 0 saturated carbocycles. The number of aliphatic hydroxyl groups excluding tert-OH is 1. The molecule has 0 aromatic heterocycles. The van der Waals surface area contributed by atoms with Gasteiger partial charge in [-0.1, -0.05) is 24.3 Å². The van der Waals surface area contributed by atoms with Crippen LogP contribution in [0.15, 0.2) is 54.6 Å².